The van der Waals surface area contributed by atoms with E-state index in [1.54, 1.807) is 0 Å². The maximum atomic E-state index is 10.7. The molecule has 2 atom stereocenters. The molecule has 0 aromatic rings. The Morgan fingerprint density at radius 1 is 1.54 bits per heavy atom. The lowest BCUT2D eigenvalue weighted by atomic mass is 9.98. The Kier molecular flexibility index (Phi) is 4.32. The predicted octanol–water partition coefficient (Wildman–Crippen LogP) is 1.45. The van der Waals surface area contributed by atoms with Crippen LogP contribution < -0.4 is 11.1 Å². The van der Waals surface area contributed by atoms with Crippen molar-refractivity contribution >= 4 is 17.9 Å². The minimum Gasteiger partial charge on any atom is -0.339 e. The minimum atomic E-state index is -0.314. The summed E-state index contributed by atoms with van der Waals surface area (Å²) in [5.74, 6) is 0. The van der Waals surface area contributed by atoms with E-state index >= 15 is 0 Å². The molecule has 0 radical (unpaired) electrons. The molecule has 3 nitrogen and oxygen atoms in total. The molecule has 1 rings (SSSR count). The van der Waals surface area contributed by atoms with Crippen LogP contribution in [0.25, 0.3) is 0 Å². The summed E-state index contributed by atoms with van der Waals surface area (Å²) in [6.07, 6.45) is 8.40. The second-order valence-corrected chi connectivity index (χ2v) is 3.76. The van der Waals surface area contributed by atoms with Crippen molar-refractivity contribution in [1.82, 2.24) is 5.32 Å². The Hall–Kier alpha value is -0.480. The molecule has 0 fully saturated rings. The molecular formula is C9H16N2OS. The highest BCUT2D eigenvalue weighted by atomic mass is 32.1. The fourth-order valence-electron chi connectivity index (χ4n) is 1.51. The monoisotopic (exact) mass is 200 g/mol. The lowest BCUT2D eigenvalue weighted by Crippen LogP contribution is -2.45. The zero-order valence-corrected chi connectivity index (χ0v) is 8.47. The van der Waals surface area contributed by atoms with Crippen molar-refractivity contribution < 1.29 is 4.79 Å². The molecule has 74 valence electrons. The number of thiol groups is 1. The average molecular weight is 200 g/mol. The van der Waals surface area contributed by atoms with Gasteiger partial charge in [-0.3, -0.25) is 4.79 Å². The van der Waals surface area contributed by atoms with Crippen molar-refractivity contribution in [1.29, 1.82) is 0 Å². The summed E-state index contributed by atoms with van der Waals surface area (Å²) >= 11 is 3.67. The van der Waals surface area contributed by atoms with E-state index < -0.39 is 0 Å². The number of allylic oxidation sites excluding steroid dienone is 1. The summed E-state index contributed by atoms with van der Waals surface area (Å²) in [4.78, 5) is 10.7. The summed E-state index contributed by atoms with van der Waals surface area (Å²) in [5, 5.41) is 2.40. The van der Waals surface area contributed by atoms with Gasteiger partial charge in [-0.25, -0.2) is 0 Å². The molecule has 0 aromatic carbocycles. The summed E-state index contributed by atoms with van der Waals surface area (Å²) in [7, 11) is 0. The van der Waals surface area contributed by atoms with Crippen LogP contribution >= 0.6 is 12.6 Å². The molecule has 13 heavy (non-hydrogen) atoms. The standard InChI is InChI=1S/C9H16N2OS/c10-7-5-3-1-2-4-6-8(7)11-9(12)13/h4,6-8H,1-3,5,10H2,(H2,11,12,13)/b6-4+. The van der Waals surface area contributed by atoms with Gasteiger partial charge in [0.1, 0.15) is 0 Å². The van der Waals surface area contributed by atoms with Gasteiger partial charge in [0.15, 0.2) is 0 Å². The van der Waals surface area contributed by atoms with Gasteiger partial charge in [-0.05, 0) is 19.3 Å². The fourth-order valence-corrected chi connectivity index (χ4v) is 1.65. The number of hydrogen-bond donors (Lipinski definition) is 3. The van der Waals surface area contributed by atoms with Crippen LogP contribution in [-0.4, -0.2) is 17.3 Å². The third-order valence-electron chi connectivity index (χ3n) is 2.25. The molecule has 4 heteroatoms. The van der Waals surface area contributed by atoms with E-state index in [-0.39, 0.29) is 17.3 Å². The number of rotatable bonds is 1. The van der Waals surface area contributed by atoms with Gasteiger partial charge in [-0.1, -0.05) is 31.2 Å². The van der Waals surface area contributed by atoms with Gasteiger partial charge in [0.2, 0.25) is 0 Å². The first-order valence-corrected chi connectivity index (χ1v) is 5.06. The number of hydrogen-bond acceptors (Lipinski definition) is 2. The Morgan fingerprint density at radius 3 is 3.00 bits per heavy atom. The van der Waals surface area contributed by atoms with Crippen molar-refractivity contribution in [2.45, 2.75) is 37.8 Å². The molecule has 1 amide bonds. The second kappa shape index (κ2) is 5.29. The molecule has 0 spiro atoms. The number of nitrogens with one attached hydrogen (secondary N) is 1. The largest absolute Gasteiger partial charge is 0.339 e. The Labute approximate surface area is 84.2 Å². The van der Waals surface area contributed by atoms with Crippen molar-refractivity contribution in [2.75, 3.05) is 0 Å². The van der Waals surface area contributed by atoms with Gasteiger partial charge >= 0.3 is 0 Å². The third kappa shape index (κ3) is 3.83. The van der Waals surface area contributed by atoms with Crippen LogP contribution in [0.1, 0.15) is 25.7 Å². The highest BCUT2D eigenvalue weighted by Gasteiger charge is 2.16. The molecule has 3 N–H and O–H groups in total. The molecule has 0 bridgehead atoms. The highest BCUT2D eigenvalue weighted by molar-refractivity contribution is 7.96. The predicted molar refractivity (Wildman–Crippen MR) is 56.9 cm³/mol. The zero-order chi connectivity index (χ0) is 9.68. The van der Waals surface area contributed by atoms with Crippen LogP contribution in [-0.2, 0) is 0 Å². The molecule has 1 aliphatic carbocycles. The number of carbonyl (C=O) groups excluding carboxylic acids is 1. The van der Waals surface area contributed by atoms with Crippen LogP contribution in [0.3, 0.4) is 0 Å². The van der Waals surface area contributed by atoms with E-state index in [2.05, 4.69) is 24.0 Å². The molecule has 1 aliphatic rings. The summed E-state index contributed by atoms with van der Waals surface area (Å²) < 4.78 is 0. The van der Waals surface area contributed by atoms with E-state index in [9.17, 15) is 4.79 Å². The Balaban J connectivity index is 2.54. The Bertz CT molecular complexity index is 206. The number of amides is 1. The summed E-state index contributed by atoms with van der Waals surface area (Å²) in [6.45, 7) is 0. The van der Waals surface area contributed by atoms with E-state index in [0.29, 0.717) is 0 Å². The quantitative estimate of drug-likeness (QED) is 0.443. The number of nitrogens with two attached hydrogens (primary N) is 1. The summed E-state index contributed by atoms with van der Waals surface area (Å²) in [5.41, 5.74) is 5.90. The molecular weight excluding hydrogens is 184 g/mol. The molecule has 2 unspecified atom stereocenters. The number of carbonyl (C=O) groups is 1. The van der Waals surface area contributed by atoms with Crippen molar-refractivity contribution in [3.05, 3.63) is 12.2 Å². The first-order chi connectivity index (χ1) is 6.20. The van der Waals surface area contributed by atoms with E-state index in [1.807, 2.05) is 6.08 Å². The zero-order valence-electron chi connectivity index (χ0n) is 7.57. The van der Waals surface area contributed by atoms with Crippen LogP contribution in [0.2, 0.25) is 0 Å². The third-order valence-corrected chi connectivity index (χ3v) is 2.38. The summed E-state index contributed by atoms with van der Waals surface area (Å²) in [6, 6.07) is -0.0297. The Morgan fingerprint density at radius 2 is 2.31 bits per heavy atom. The molecule has 0 aromatic heterocycles. The molecule has 0 aliphatic heterocycles. The van der Waals surface area contributed by atoms with E-state index in [4.69, 9.17) is 5.73 Å². The molecule has 0 saturated heterocycles. The normalized spacial score (nSPS) is 31.5. The lowest BCUT2D eigenvalue weighted by molar-refractivity contribution is 0.257. The average Bonchev–Trinajstić information content (AvgIpc) is 2.04. The maximum Gasteiger partial charge on any atom is 0.276 e. The van der Waals surface area contributed by atoms with Gasteiger partial charge in [-0.2, -0.15) is 0 Å². The SMILES string of the molecule is NC1CCCC/C=C/C1NC(=O)S. The lowest BCUT2D eigenvalue weighted by Gasteiger charge is -2.22. The minimum absolute atomic E-state index is 0.0210. The molecule has 0 saturated carbocycles. The van der Waals surface area contributed by atoms with E-state index in [1.165, 1.54) is 6.42 Å². The van der Waals surface area contributed by atoms with Crippen LogP contribution in [0, 0.1) is 0 Å². The van der Waals surface area contributed by atoms with Crippen LogP contribution in [0.4, 0.5) is 4.79 Å². The van der Waals surface area contributed by atoms with Gasteiger partial charge in [-0.15, -0.1) is 0 Å². The van der Waals surface area contributed by atoms with Crippen LogP contribution in [0.15, 0.2) is 12.2 Å². The molecule has 0 heterocycles. The fraction of sp³-hybridized carbons (Fsp3) is 0.667. The maximum absolute atomic E-state index is 10.7. The smallest absolute Gasteiger partial charge is 0.276 e. The van der Waals surface area contributed by atoms with Crippen molar-refractivity contribution in [2.24, 2.45) is 5.73 Å². The van der Waals surface area contributed by atoms with Gasteiger partial charge < -0.3 is 11.1 Å². The first-order valence-electron chi connectivity index (χ1n) is 4.62. The van der Waals surface area contributed by atoms with Gasteiger partial charge in [0, 0.05) is 6.04 Å². The second-order valence-electron chi connectivity index (χ2n) is 3.35. The first kappa shape index (κ1) is 10.6. The highest BCUT2D eigenvalue weighted by Crippen LogP contribution is 2.11. The van der Waals surface area contributed by atoms with Gasteiger partial charge in [0.25, 0.3) is 5.24 Å². The van der Waals surface area contributed by atoms with Crippen molar-refractivity contribution in [3.63, 3.8) is 0 Å². The van der Waals surface area contributed by atoms with E-state index in [0.717, 1.165) is 19.3 Å². The van der Waals surface area contributed by atoms with Crippen molar-refractivity contribution in [3.8, 4) is 0 Å². The topological polar surface area (TPSA) is 55.1 Å². The van der Waals surface area contributed by atoms with Gasteiger partial charge in [0.05, 0.1) is 6.04 Å². The van der Waals surface area contributed by atoms with Crippen LogP contribution in [0.5, 0.6) is 0 Å².